The standard InChI is InChI=1S/C16H22N4O3S/c1-11(2)20(5)24(22,23)14-8-6-13(7-9-14)16(21)17-15-10-12(3)18-19(15)4/h6-11H,1-5H3,(H,17,21). The van der Waals surface area contributed by atoms with Crippen LogP contribution in [0.5, 0.6) is 0 Å². The van der Waals surface area contributed by atoms with Crippen LogP contribution >= 0.6 is 0 Å². The summed E-state index contributed by atoms with van der Waals surface area (Å²) in [5, 5.41) is 6.91. The van der Waals surface area contributed by atoms with Crippen molar-refractivity contribution in [3.05, 3.63) is 41.6 Å². The summed E-state index contributed by atoms with van der Waals surface area (Å²) in [6.45, 7) is 5.44. The highest BCUT2D eigenvalue weighted by Gasteiger charge is 2.23. The Bertz CT molecular complexity index is 839. The van der Waals surface area contributed by atoms with E-state index in [1.165, 1.54) is 35.6 Å². The lowest BCUT2D eigenvalue weighted by molar-refractivity contribution is 0.102. The molecular weight excluding hydrogens is 328 g/mol. The van der Waals surface area contributed by atoms with Crippen LogP contribution in [-0.2, 0) is 17.1 Å². The summed E-state index contributed by atoms with van der Waals surface area (Å²) in [5.74, 6) is 0.257. The van der Waals surface area contributed by atoms with Crippen molar-refractivity contribution in [3.63, 3.8) is 0 Å². The first-order chi connectivity index (χ1) is 11.1. The van der Waals surface area contributed by atoms with Crippen molar-refractivity contribution in [2.24, 2.45) is 7.05 Å². The first kappa shape index (κ1) is 18.2. The molecule has 1 heterocycles. The summed E-state index contributed by atoms with van der Waals surface area (Å²) in [6.07, 6.45) is 0. The number of rotatable bonds is 5. The highest BCUT2D eigenvalue weighted by atomic mass is 32.2. The quantitative estimate of drug-likeness (QED) is 0.894. The lowest BCUT2D eigenvalue weighted by Gasteiger charge is -2.21. The molecule has 1 aromatic heterocycles. The molecule has 0 aliphatic rings. The van der Waals surface area contributed by atoms with Crippen LogP contribution in [0.3, 0.4) is 0 Å². The number of anilines is 1. The minimum Gasteiger partial charge on any atom is -0.307 e. The third-order valence-corrected chi connectivity index (χ3v) is 5.81. The normalized spacial score (nSPS) is 12.0. The Morgan fingerprint density at radius 1 is 1.25 bits per heavy atom. The van der Waals surface area contributed by atoms with Crippen LogP contribution < -0.4 is 5.32 Å². The van der Waals surface area contributed by atoms with Crippen molar-refractivity contribution in [1.29, 1.82) is 0 Å². The van der Waals surface area contributed by atoms with Crippen LogP contribution in [0, 0.1) is 6.92 Å². The Kier molecular flexibility index (Phi) is 5.10. The van der Waals surface area contributed by atoms with Gasteiger partial charge in [-0.15, -0.1) is 0 Å². The molecule has 0 saturated carbocycles. The maximum Gasteiger partial charge on any atom is 0.256 e. The van der Waals surface area contributed by atoms with E-state index < -0.39 is 10.0 Å². The van der Waals surface area contributed by atoms with Gasteiger partial charge in [0.1, 0.15) is 5.82 Å². The molecule has 1 amide bonds. The fraction of sp³-hybridized carbons (Fsp3) is 0.375. The second-order valence-electron chi connectivity index (χ2n) is 5.89. The van der Waals surface area contributed by atoms with E-state index in [-0.39, 0.29) is 16.8 Å². The lowest BCUT2D eigenvalue weighted by atomic mass is 10.2. The Morgan fingerprint density at radius 3 is 2.29 bits per heavy atom. The van der Waals surface area contributed by atoms with Gasteiger partial charge in [-0.05, 0) is 45.0 Å². The number of aryl methyl sites for hydroxylation is 2. The number of benzene rings is 1. The molecule has 0 aliphatic carbocycles. The third kappa shape index (κ3) is 3.65. The number of amides is 1. The minimum absolute atomic E-state index is 0.147. The predicted octanol–water partition coefficient (Wildman–Crippen LogP) is 2.01. The van der Waals surface area contributed by atoms with E-state index in [0.717, 1.165) is 5.69 Å². The number of carbonyl (C=O) groups excluding carboxylic acids is 1. The number of hydrogen-bond donors (Lipinski definition) is 1. The zero-order chi connectivity index (χ0) is 18.1. The molecule has 2 rings (SSSR count). The summed E-state index contributed by atoms with van der Waals surface area (Å²) in [4.78, 5) is 12.4. The second kappa shape index (κ2) is 6.74. The predicted molar refractivity (Wildman–Crippen MR) is 92.4 cm³/mol. The molecule has 24 heavy (non-hydrogen) atoms. The van der Waals surface area contributed by atoms with Crippen molar-refractivity contribution in [2.45, 2.75) is 31.7 Å². The SMILES string of the molecule is Cc1cc(NC(=O)c2ccc(S(=O)(=O)N(C)C(C)C)cc2)n(C)n1. The van der Waals surface area contributed by atoms with Gasteiger partial charge in [0.2, 0.25) is 10.0 Å². The smallest absolute Gasteiger partial charge is 0.256 e. The average Bonchev–Trinajstić information content (AvgIpc) is 2.84. The molecular formula is C16H22N4O3S. The second-order valence-corrected chi connectivity index (χ2v) is 7.89. The van der Waals surface area contributed by atoms with Crippen LogP contribution in [0.25, 0.3) is 0 Å². The molecule has 0 bridgehead atoms. The molecule has 2 aromatic rings. The Balaban J connectivity index is 2.20. The topological polar surface area (TPSA) is 84.3 Å². The first-order valence-electron chi connectivity index (χ1n) is 7.53. The summed E-state index contributed by atoms with van der Waals surface area (Å²) in [5.41, 5.74) is 1.17. The first-order valence-corrected chi connectivity index (χ1v) is 8.97. The summed E-state index contributed by atoms with van der Waals surface area (Å²) in [7, 11) is -0.286. The number of hydrogen-bond acceptors (Lipinski definition) is 4. The van der Waals surface area contributed by atoms with Gasteiger partial charge in [0, 0.05) is 31.8 Å². The summed E-state index contributed by atoms with van der Waals surface area (Å²) in [6, 6.07) is 7.49. The van der Waals surface area contributed by atoms with E-state index in [0.29, 0.717) is 11.4 Å². The van der Waals surface area contributed by atoms with Crippen molar-refractivity contribution in [3.8, 4) is 0 Å². The van der Waals surface area contributed by atoms with Crippen LogP contribution in [0.2, 0.25) is 0 Å². The van der Waals surface area contributed by atoms with E-state index in [9.17, 15) is 13.2 Å². The molecule has 0 unspecified atom stereocenters. The maximum absolute atomic E-state index is 12.4. The average molecular weight is 350 g/mol. The van der Waals surface area contributed by atoms with E-state index in [2.05, 4.69) is 10.4 Å². The highest BCUT2D eigenvalue weighted by molar-refractivity contribution is 7.89. The van der Waals surface area contributed by atoms with Crippen LogP contribution in [-0.4, -0.2) is 41.5 Å². The van der Waals surface area contributed by atoms with Gasteiger partial charge in [0.05, 0.1) is 10.6 Å². The van der Waals surface area contributed by atoms with Crippen LogP contribution in [0.15, 0.2) is 35.2 Å². The van der Waals surface area contributed by atoms with E-state index in [4.69, 9.17) is 0 Å². The molecule has 0 atom stereocenters. The summed E-state index contributed by atoms with van der Waals surface area (Å²) < 4.78 is 27.7. The number of sulfonamides is 1. The number of aromatic nitrogens is 2. The van der Waals surface area contributed by atoms with E-state index in [1.54, 1.807) is 31.6 Å². The molecule has 0 radical (unpaired) electrons. The molecule has 1 N–H and O–H groups in total. The van der Waals surface area contributed by atoms with Gasteiger partial charge >= 0.3 is 0 Å². The molecule has 0 fully saturated rings. The molecule has 8 heteroatoms. The van der Waals surface area contributed by atoms with Gasteiger partial charge in [0.25, 0.3) is 5.91 Å². The molecule has 0 aliphatic heterocycles. The van der Waals surface area contributed by atoms with Crippen LogP contribution in [0.4, 0.5) is 5.82 Å². The van der Waals surface area contributed by atoms with Crippen molar-refractivity contribution in [1.82, 2.24) is 14.1 Å². The van der Waals surface area contributed by atoms with E-state index >= 15 is 0 Å². The Labute approximate surface area is 142 Å². The van der Waals surface area contributed by atoms with Gasteiger partial charge in [-0.3, -0.25) is 9.48 Å². The zero-order valence-electron chi connectivity index (χ0n) is 14.4. The van der Waals surface area contributed by atoms with Crippen molar-refractivity contribution < 1.29 is 13.2 Å². The molecule has 0 spiro atoms. The number of nitrogens with zero attached hydrogens (tertiary/aromatic N) is 3. The largest absolute Gasteiger partial charge is 0.307 e. The van der Waals surface area contributed by atoms with Gasteiger partial charge in [0.15, 0.2) is 0 Å². The van der Waals surface area contributed by atoms with Gasteiger partial charge < -0.3 is 5.32 Å². The van der Waals surface area contributed by atoms with Crippen molar-refractivity contribution in [2.75, 3.05) is 12.4 Å². The fourth-order valence-corrected chi connectivity index (χ4v) is 3.51. The molecule has 0 saturated heterocycles. The molecule has 130 valence electrons. The monoisotopic (exact) mass is 350 g/mol. The fourth-order valence-electron chi connectivity index (χ4n) is 2.14. The maximum atomic E-state index is 12.4. The zero-order valence-corrected chi connectivity index (χ0v) is 15.3. The molecule has 7 nitrogen and oxygen atoms in total. The highest BCUT2D eigenvalue weighted by Crippen LogP contribution is 2.18. The summed E-state index contributed by atoms with van der Waals surface area (Å²) >= 11 is 0. The number of carbonyl (C=O) groups is 1. The lowest BCUT2D eigenvalue weighted by Crippen LogP contribution is -2.33. The number of nitrogens with one attached hydrogen (secondary N) is 1. The van der Waals surface area contributed by atoms with E-state index in [1.807, 2.05) is 6.92 Å². The van der Waals surface area contributed by atoms with Gasteiger partial charge in [-0.25, -0.2) is 8.42 Å². The Hall–Kier alpha value is -2.19. The van der Waals surface area contributed by atoms with Gasteiger partial charge in [-0.1, -0.05) is 0 Å². The Morgan fingerprint density at radius 2 is 1.83 bits per heavy atom. The third-order valence-electron chi connectivity index (χ3n) is 3.76. The minimum atomic E-state index is -3.56. The van der Waals surface area contributed by atoms with Crippen LogP contribution in [0.1, 0.15) is 29.9 Å². The molecule has 1 aromatic carbocycles. The van der Waals surface area contributed by atoms with Crippen molar-refractivity contribution >= 4 is 21.7 Å². The van der Waals surface area contributed by atoms with Gasteiger partial charge in [-0.2, -0.15) is 9.40 Å².